The minimum absolute atomic E-state index is 0.116. The van der Waals surface area contributed by atoms with E-state index in [1.54, 1.807) is 19.1 Å². The van der Waals surface area contributed by atoms with Gasteiger partial charge < -0.3 is 10.4 Å². The van der Waals surface area contributed by atoms with E-state index in [1.807, 2.05) is 0 Å². The number of hydrogen-bond acceptors (Lipinski definition) is 4. The summed E-state index contributed by atoms with van der Waals surface area (Å²) >= 11 is 5.86. The van der Waals surface area contributed by atoms with Crippen LogP contribution in [0, 0.1) is 0 Å². The highest BCUT2D eigenvalue weighted by atomic mass is 35.5. The third kappa shape index (κ3) is 2.88. The van der Waals surface area contributed by atoms with Gasteiger partial charge in [-0.1, -0.05) is 11.6 Å². The highest BCUT2D eigenvalue weighted by Crippen LogP contribution is 2.09. The van der Waals surface area contributed by atoms with Gasteiger partial charge in [0.2, 0.25) is 0 Å². The van der Waals surface area contributed by atoms with Gasteiger partial charge in [0.1, 0.15) is 11.2 Å². The zero-order valence-electron chi connectivity index (χ0n) is 12.0. The van der Waals surface area contributed by atoms with Gasteiger partial charge in [-0.2, -0.15) is 0 Å². The monoisotopic (exact) mass is 333 g/mol. The molecular formula is C14H12ClN5O3. The Kier molecular flexibility index (Phi) is 3.75. The first-order chi connectivity index (χ1) is 11.0. The molecule has 3 aromatic heterocycles. The Bertz CT molecular complexity index is 1000. The second kappa shape index (κ2) is 5.73. The van der Waals surface area contributed by atoms with Crippen LogP contribution >= 0.6 is 11.6 Å². The summed E-state index contributed by atoms with van der Waals surface area (Å²) in [5.41, 5.74) is -0.0540. The number of aromatic nitrogens is 4. The fourth-order valence-electron chi connectivity index (χ4n) is 2.14. The van der Waals surface area contributed by atoms with Gasteiger partial charge in [-0.25, -0.2) is 4.98 Å². The maximum absolute atomic E-state index is 12.4. The van der Waals surface area contributed by atoms with Crippen molar-refractivity contribution in [2.75, 3.05) is 0 Å². The van der Waals surface area contributed by atoms with E-state index in [-0.39, 0.29) is 11.1 Å². The van der Waals surface area contributed by atoms with Crippen LogP contribution in [0.25, 0.3) is 5.65 Å². The molecule has 3 rings (SSSR count). The molecule has 0 aliphatic carbocycles. The fraction of sp³-hybridized carbons (Fsp3) is 0.143. The quantitative estimate of drug-likeness (QED) is 0.659. The van der Waals surface area contributed by atoms with Crippen molar-refractivity contribution < 1.29 is 4.79 Å². The topological polar surface area (TPSA) is 112 Å². The van der Waals surface area contributed by atoms with Gasteiger partial charge in [-0.15, -0.1) is 0 Å². The van der Waals surface area contributed by atoms with Crippen molar-refractivity contribution in [1.82, 2.24) is 24.9 Å². The van der Waals surface area contributed by atoms with E-state index in [2.05, 4.69) is 20.5 Å². The highest BCUT2D eigenvalue weighted by molar-refractivity contribution is 6.30. The number of nitrogens with zero attached hydrogens (tertiary/aromatic N) is 2. The molecule has 0 spiro atoms. The first-order valence-electron chi connectivity index (χ1n) is 6.71. The summed E-state index contributed by atoms with van der Waals surface area (Å²) in [5, 5.41) is 8.01. The molecule has 1 unspecified atom stereocenters. The van der Waals surface area contributed by atoms with Gasteiger partial charge >= 0.3 is 0 Å². The third-order valence-corrected chi connectivity index (χ3v) is 3.56. The lowest BCUT2D eigenvalue weighted by Gasteiger charge is -2.12. The molecule has 0 aromatic carbocycles. The van der Waals surface area contributed by atoms with Gasteiger partial charge in [0.15, 0.2) is 0 Å². The Labute approximate surface area is 134 Å². The second-order valence-corrected chi connectivity index (χ2v) is 5.40. The predicted molar refractivity (Wildman–Crippen MR) is 83.8 cm³/mol. The Morgan fingerprint density at radius 2 is 2.13 bits per heavy atom. The van der Waals surface area contributed by atoms with Crippen LogP contribution in [-0.2, 0) is 0 Å². The maximum atomic E-state index is 12.4. The highest BCUT2D eigenvalue weighted by Gasteiger charge is 2.17. The van der Waals surface area contributed by atoms with Crippen LogP contribution in [0.2, 0.25) is 5.02 Å². The van der Waals surface area contributed by atoms with Gasteiger partial charge in [-0.3, -0.25) is 23.9 Å². The molecule has 0 aliphatic rings. The van der Waals surface area contributed by atoms with E-state index in [4.69, 9.17) is 11.6 Å². The first kappa shape index (κ1) is 15.0. The average Bonchev–Trinajstić information content (AvgIpc) is 2.95. The average molecular weight is 334 g/mol. The number of carbonyl (C=O) groups excluding carboxylic acids is 1. The number of nitrogens with one attached hydrogen (secondary N) is 3. The molecule has 0 bridgehead atoms. The lowest BCUT2D eigenvalue weighted by atomic mass is 10.2. The molecule has 8 nitrogen and oxygen atoms in total. The summed E-state index contributed by atoms with van der Waals surface area (Å²) in [4.78, 5) is 39.8. The molecule has 1 amide bonds. The van der Waals surface area contributed by atoms with Crippen molar-refractivity contribution in [1.29, 1.82) is 0 Å². The number of halogens is 1. The molecule has 3 heterocycles. The standard InChI is InChI=1S/C14H12ClN5O3/c1-7(10-4-12(21)19-18-10)17-13(22)9-5-16-11-3-2-8(15)6-20(11)14(9)23/h2-7H,1H3,(H,17,22)(H2,18,19,21). The largest absolute Gasteiger partial charge is 0.344 e. The van der Waals surface area contributed by atoms with Crippen molar-refractivity contribution in [3.05, 3.63) is 67.6 Å². The number of rotatable bonds is 3. The molecule has 9 heteroatoms. The summed E-state index contributed by atoms with van der Waals surface area (Å²) in [6.07, 6.45) is 2.61. The molecule has 23 heavy (non-hydrogen) atoms. The smallest absolute Gasteiger partial charge is 0.270 e. The molecule has 0 saturated heterocycles. The van der Waals surface area contributed by atoms with E-state index in [9.17, 15) is 14.4 Å². The van der Waals surface area contributed by atoms with Crippen LogP contribution in [0.5, 0.6) is 0 Å². The van der Waals surface area contributed by atoms with Crippen LogP contribution < -0.4 is 16.4 Å². The van der Waals surface area contributed by atoms with Crippen molar-refractivity contribution in [2.24, 2.45) is 0 Å². The van der Waals surface area contributed by atoms with Gasteiger partial charge in [-0.05, 0) is 19.1 Å². The molecule has 3 N–H and O–H groups in total. The van der Waals surface area contributed by atoms with Gasteiger partial charge in [0.05, 0.1) is 16.8 Å². The number of hydrogen-bond donors (Lipinski definition) is 3. The third-order valence-electron chi connectivity index (χ3n) is 3.34. The molecule has 118 valence electrons. The van der Waals surface area contributed by atoms with Crippen LogP contribution in [0.3, 0.4) is 0 Å². The lowest BCUT2D eigenvalue weighted by Crippen LogP contribution is -2.33. The van der Waals surface area contributed by atoms with Crippen molar-refractivity contribution in [2.45, 2.75) is 13.0 Å². The Balaban J connectivity index is 1.93. The first-order valence-corrected chi connectivity index (χ1v) is 7.09. The Hall–Kier alpha value is -2.87. The normalized spacial score (nSPS) is 12.3. The van der Waals surface area contributed by atoms with Crippen LogP contribution in [0.15, 0.2) is 40.2 Å². The number of amides is 1. The molecule has 3 aromatic rings. The zero-order valence-corrected chi connectivity index (χ0v) is 12.7. The minimum atomic E-state index is -0.591. The summed E-state index contributed by atoms with van der Waals surface area (Å²) < 4.78 is 1.21. The molecule has 0 radical (unpaired) electrons. The molecule has 0 saturated carbocycles. The lowest BCUT2D eigenvalue weighted by molar-refractivity contribution is 0.0937. The predicted octanol–water partition coefficient (Wildman–Crippen LogP) is 0.855. The van der Waals surface area contributed by atoms with Crippen LogP contribution in [-0.4, -0.2) is 25.5 Å². The zero-order chi connectivity index (χ0) is 16.6. The van der Waals surface area contributed by atoms with Crippen LogP contribution in [0.1, 0.15) is 29.0 Å². The second-order valence-electron chi connectivity index (χ2n) is 4.96. The van der Waals surface area contributed by atoms with Crippen molar-refractivity contribution in [3.8, 4) is 0 Å². The van der Waals surface area contributed by atoms with Gasteiger partial charge in [0.25, 0.3) is 17.0 Å². The fourth-order valence-corrected chi connectivity index (χ4v) is 2.30. The molecule has 1 atom stereocenters. The minimum Gasteiger partial charge on any atom is -0.344 e. The number of aromatic amines is 2. The van der Waals surface area contributed by atoms with Crippen molar-refractivity contribution >= 4 is 23.2 Å². The Morgan fingerprint density at radius 3 is 2.83 bits per heavy atom. The molecule has 0 fully saturated rings. The SMILES string of the molecule is CC(NC(=O)c1cnc2ccc(Cl)cn2c1=O)c1cc(=O)[nH][nH]1. The van der Waals surface area contributed by atoms with Crippen molar-refractivity contribution in [3.63, 3.8) is 0 Å². The Morgan fingerprint density at radius 1 is 1.35 bits per heavy atom. The maximum Gasteiger partial charge on any atom is 0.270 e. The van der Waals surface area contributed by atoms with E-state index < -0.39 is 17.5 Å². The van der Waals surface area contributed by atoms with E-state index in [0.29, 0.717) is 16.4 Å². The number of carbonyl (C=O) groups is 1. The van der Waals surface area contributed by atoms with E-state index in [0.717, 1.165) is 0 Å². The molecular weight excluding hydrogens is 322 g/mol. The summed E-state index contributed by atoms with van der Waals surface area (Å²) in [6.45, 7) is 1.68. The number of pyridine rings is 1. The summed E-state index contributed by atoms with van der Waals surface area (Å²) in [7, 11) is 0. The van der Waals surface area contributed by atoms with Crippen LogP contribution in [0.4, 0.5) is 0 Å². The summed E-state index contributed by atoms with van der Waals surface area (Å²) in [5.74, 6) is -0.591. The number of H-pyrrole nitrogens is 2. The van der Waals surface area contributed by atoms with E-state index in [1.165, 1.54) is 22.9 Å². The summed E-state index contributed by atoms with van der Waals surface area (Å²) in [6, 6.07) is 4.03. The van der Waals surface area contributed by atoms with Gasteiger partial charge in [0, 0.05) is 18.5 Å². The number of fused-ring (bicyclic) bond motifs is 1. The van der Waals surface area contributed by atoms with E-state index >= 15 is 0 Å². The molecule has 0 aliphatic heterocycles.